The average molecular weight is 432 g/mol. The van der Waals surface area contributed by atoms with Crippen LogP contribution in [0.1, 0.15) is 36.0 Å². The Morgan fingerprint density at radius 1 is 0.967 bits per heavy atom. The Kier molecular flexibility index (Phi) is 7.21. The third-order valence-electron chi connectivity index (χ3n) is 5.53. The van der Waals surface area contributed by atoms with Gasteiger partial charge in [0.15, 0.2) is 11.6 Å². The van der Waals surface area contributed by atoms with Gasteiger partial charge in [0.2, 0.25) is 0 Å². The second-order valence-electron chi connectivity index (χ2n) is 7.59. The lowest BCUT2D eigenvalue weighted by Crippen LogP contribution is -2.34. The molecule has 1 aromatic heterocycles. The van der Waals surface area contributed by atoms with Gasteiger partial charge in [0.05, 0.1) is 5.52 Å². The van der Waals surface area contributed by atoms with Crippen LogP contribution in [0.25, 0.3) is 10.9 Å². The molecule has 7 heteroatoms. The minimum atomic E-state index is -1.01. The lowest BCUT2D eigenvalue weighted by molar-refractivity contribution is 0.0942. The Morgan fingerprint density at radius 3 is 2.50 bits per heavy atom. The van der Waals surface area contributed by atoms with Gasteiger partial charge in [-0.1, -0.05) is 18.2 Å². The van der Waals surface area contributed by atoms with Crippen molar-refractivity contribution in [1.29, 1.82) is 0 Å². The van der Waals surface area contributed by atoms with Crippen LogP contribution in [0, 0.1) is 17.6 Å². The van der Waals surface area contributed by atoms with Crippen molar-refractivity contribution in [1.82, 2.24) is 10.3 Å². The van der Waals surface area contributed by atoms with Crippen molar-refractivity contribution < 1.29 is 13.6 Å². The molecular weight excluding hydrogens is 408 g/mol. The molecule has 1 aliphatic carbocycles. The molecule has 158 valence electrons. The predicted octanol–water partition coefficient (Wildman–Crippen LogP) is 5.34. The third kappa shape index (κ3) is 5.25. The first-order valence-corrected chi connectivity index (χ1v) is 9.94. The standard InChI is InChI=1S/C23H23F2N3O.ClH/c24-19-11-7-17(13-20(19)25)23(29)26-14-15-5-9-18(10-6-15)27-22-12-8-16-3-1-2-4-21(16)28-22;/h1-4,7-8,11-13,15,18H,5-6,9-10,14H2,(H,26,29)(H,27,28);1H. The molecule has 1 aliphatic rings. The van der Waals surface area contributed by atoms with E-state index in [4.69, 9.17) is 0 Å². The van der Waals surface area contributed by atoms with Gasteiger partial charge in [-0.15, -0.1) is 12.4 Å². The van der Waals surface area contributed by atoms with Gasteiger partial charge in [-0.25, -0.2) is 13.8 Å². The van der Waals surface area contributed by atoms with Crippen LogP contribution < -0.4 is 10.6 Å². The largest absolute Gasteiger partial charge is 0.367 e. The van der Waals surface area contributed by atoms with E-state index in [0.29, 0.717) is 18.5 Å². The molecule has 3 aromatic rings. The Morgan fingerprint density at radius 2 is 1.73 bits per heavy atom. The van der Waals surface area contributed by atoms with E-state index in [-0.39, 0.29) is 23.9 Å². The molecule has 4 nitrogen and oxygen atoms in total. The van der Waals surface area contributed by atoms with E-state index in [1.54, 1.807) is 0 Å². The molecule has 0 atom stereocenters. The first kappa shape index (κ1) is 22.0. The van der Waals surface area contributed by atoms with E-state index >= 15 is 0 Å². The van der Waals surface area contributed by atoms with Gasteiger partial charge in [-0.3, -0.25) is 4.79 Å². The second kappa shape index (κ2) is 9.85. The summed E-state index contributed by atoms with van der Waals surface area (Å²) in [6.45, 7) is 0.540. The molecule has 0 bridgehead atoms. The van der Waals surface area contributed by atoms with Crippen LogP contribution >= 0.6 is 12.4 Å². The number of carbonyl (C=O) groups excluding carboxylic acids is 1. The second-order valence-corrected chi connectivity index (χ2v) is 7.59. The number of benzene rings is 2. The Labute approximate surface area is 180 Å². The minimum Gasteiger partial charge on any atom is -0.367 e. The number of carbonyl (C=O) groups is 1. The van der Waals surface area contributed by atoms with Gasteiger partial charge in [0.25, 0.3) is 5.91 Å². The van der Waals surface area contributed by atoms with Crippen LogP contribution in [0.5, 0.6) is 0 Å². The summed E-state index contributed by atoms with van der Waals surface area (Å²) in [5, 5.41) is 7.48. The Bertz CT molecular complexity index is 1020. The SMILES string of the molecule is Cl.O=C(NCC1CCC(Nc2ccc3ccccc3n2)CC1)c1ccc(F)c(F)c1. The summed E-state index contributed by atoms with van der Waals surface area (Å²) < 4.78 is 26.3. The summed E-state index contributed by atoms with van der Waals surface area (Å²) in [5.41, 5.74) is 1.12. The summed E-state index contributed by atoms with van der Waals surface area (Å²) in [7, 11) is 0. The van der Waals surface area contributed by atoms with E-state index < -0.39 is 11.6 Å². The maximum Gasteiger partial charge on any atom is 0.251 e. The van der Waals surface area contributed by atoms with Gasteiger partial charge in [0.1, 0.15) is 5.82 Å². The average Bonchev–Trinajstić information content (AvgIpc) is 2.75. The normalized spacial score (nSPS) is 18.5. The number of nitrogens with zero attached hydrogens (tertiary/aromatic N) is 1. The van der Waals surface area contributed by atoms with E-state index in [1.165, 1.54) is 6.07 Å². The summed E-state index contributed by atoms with van der Waals surface area (Å²) >= 11 is 0. The number of nitrogens with one attached hydrogen (secondary N) is 2. The lowest BCUT2D eigenvalue weighted by atomic mass is 9.86. The molecule has 1 amide bonds. The zero-order valence-corrected chi connectivity index (χ0v) is 17.2. The summed E-state index contributed by atoms with van der Waals surface area (Å²) in [4.78, 5) is 16.8. The number of rotatable bonds is 5. The number of aromatic nitrogens is 1. The molecule has 4 rings (SSSR count). The predicted molar refractivity (Wildman–Crippen MR) is 117 cm³/mol. The van der Waals surface area contributed by atoms with Crippen molar-refractivity contribution in [3.8, 4) is 0 Å². The number of hydrogen-bond donors (Lipinski definition) is 2. The van der Waals surface area contributed by atoms with Gasteiger partial charge < -0.3 is 10.6 Å². The van der Waals surface area contributed by atoms with Crippen molar-refractivity contribution >= 4 is 35.0 Å². The fourth-order valence-electron chi connectivity index (χ4n) is 3.84. The minimum absolute atomic E-state index is 0. The number of halogens is 3. The number of anilines is 1. The summed E-state index contributed by atoms with van der Waals surface area (Å²) in [5.74, 6) is -1.06. The zero-order valence-electron chi connectivity index (χ0n) is 16.4. The monoisotopic (exact) mass is 431 g/mol. The van der Waals surface area contributed by atoms with Crippen molar-refractivity contribution in [2.45, 2.75) is 31.7 Å². The molecule has 1 fully saturated rings. The quantitative estimate of drug-likeness (QED) is 0.573. The highest BCUT2D eigenvalue weighted by Gasteiger charge is 2.22. The van der Waals surface area contributed by atoms with Crippen LogP contribution in [0.2, 0.25) is 0 Å². The highest BCUT2D eigenvalue weighted by Crippen LogP contribution is 2.26. The molecule has 0 spiro atoms. The summed E-state index contributed by atoms with van der Waals surface area (Å²) in [6, 6.07) is 15.7. The van der Waals surface area contributed by atoms with Crippen molar-refractivity contribution in [2.75, 3.05) is 11.9 Å². The highest BCUT2D eigenvalue weighted by molar-refractivity contribution is 5.94. The van der Waals surface area contributed by atoms with Crippen LogP contribution in [-0.2, 0) is 0 Å². The number of hydrogen-bond acceptors (Lipinski definition) is 3. The molecule has 0 unspecified atom stereocenters. The van der Waals surface area contributed by atoms with Gasteiger partial charge in [-0.05, 0) is 68.0 Å². The molecule has 2 aromatic carbocycles. The van der Waals surface area contributed by atoms with Gasteiger partial charge in [0, 0.05) is 23.5 Å². The Balaban J connectivity index is 0.00000256. The fourth-order valence-corrected chi connectivity index (χ4v) is 3.84. The number of fused-ring (bicyclic) bond motifs is 1. The third-order valence-corrected chi connectivity index (χ3v) is 5.53. The van der Waals surface area contributed by atoms with E-state index in [2.05, 4.69) is 21.7 Å². The summed E-state index contributed by atoms with van der Waals surface area (Å²) in [6.07, 6.45) is 3.98. The number of amides is 1. The van der Waals surface area contributed by atoms with E-state index in [9.17, 15) is 13.6 Å². The van der Waals surface area contributed by atoms with Gasteiger partial charge in [-0.2, -0.15) is 0 Å². The van der Waals surface area contributed by atoms with Crippen LogP contribution in [0.15, 0.2) is 54.6 Å². The van der Waals surface area contributed by atoms with Crippen molar-refractivity contribution in [3.05, 3.63) is 71.8 Å². The number of pyridine rings is 1. The Hall–Kier alpha value is -2.73. The van der Waals surface area contributed by atoms with Crippen molar-refractivity contribution in [2.24, 2.45) is 5.92 Å². The molecule has 0 aliphatic heterocycles. The van der Waals surface area contributed by atoms with Crippen LogP contribution in [0.3, 0.4) is 0 Å². The smallest absolute Gasteiger partial charge is 0.251 e. The topological polar surface area (TPSA) is 54.0 Å². The zero-order chi connectivity index (χ0) is 20.2. The molecule has 2 N–H and O–H groups in total. The maximum absolute atomic E-state index is 13.3. The molecule has 0 radical (unpaired) electrons. The first-order valence-electron chi connectivity index (χ1n) is 9.94. The molecule has 1 saturated carbocycles. The molecule has 30 heavy (non-hydrogen) atoms. The van der Waals surface area contributed by atoms with Crippen LogP contribution in [0.4, 0.5) is 14.6 Å². The lowest BCUT2D eigenvalue weighted by Gasteiger charge is -2.29. The molecule has 1 heterocycles. The fraction of sp³-hybridized carbons (Fsp3) is 0.304. The maximum atomic E-state index is 13.3. The first-order chi connectivity index (χ1) is 14.1. The number of para-hydroxylation sites is 1. The van der Waals surface area contributed by atoms with Gasteiger partial charge >= 0.3 is 0 Å². The highest BCUT2D eigenvalue weighted by atomic mass is 35.5. The molecule has 0 saturated heterocycles. The van der Waals surface area contributed by atoms with Crippen molar-refractivity contribution in [3.63, 3.8) is 0 Å². The van der Waals surface area contributed by atoms with E-state index in [1.807, 2.05) is 30.3 Å². The van der Waals surface area contributed by atoms with Crippen LogP contribution in [-0.4, -0.2) is 23.5 Å². The molecular formula is C23H24ClF2N3O. The van der Waals surface area contributed by atoms with E-state index in [0.717, 1.165) is 54.5 Å².